The Morgan fingerprint density at radius 1 is 1.57 bits per heavy atom. The summed E-state index contributed by atoms with van der Waals surface area (Å²) in [6.45, 7) is 3.91. The molecule has 7 heavy (non-hydrogen) atoms. The topological polar surface area (TPSA) is 0 Å². The molecule has 0 saturated heterocycles. The van der Waals surface area contributed by atoms with Crippen LogP contribution in [0.3, 0.4) is 0 Å². The van der Waals surface area contributed by atoms with Gasteiger partial charge in [0, 0.05) is 0 Å². The van der Waals surface area contributed by atoms with Crippen LogP contribution in [-0.4, -0.2) is 37.7 Å². The van der Waals surface area contributed by atoms with Crippen molar-refractivity contribution in [3.63, 3.8) is 0 Å². The van der Waals surface area contributed by atoms with Crippen molar-refractivity contribution >= 4 is 37.7 Å². The molecule has 0 N–H and O–H groups in total. The molecule has 1 aliphatic rings. The average Bonchev–Trinajstić information content (AvgIpc) is 1.86. The molecular formula is C6H10Ca. The van der Waals surface area contributed by atoms with Gasteiger partial charge in [-0.1, -0.05) is 0 Å². The first-order chi connectivity index (χ1) is 2.89. The minimum atomic E-state index is 0. The van der Waals surface area contributed by atoms with Gasteiger partial charge in [0.1, 0.15) is 0 Å². The Balaban J connectivity index is 0.000000360. The Morgan fingerprint density at radius 2 is 2.29 bits per heavy atom. The van der Waals surface area contributed by atoms with Gasteiger partial charge in [-0.25, -0.2) is 6.42 Å². The van der Waals surface area contributed by atoms with Crippen molar-refractivity contribution in [1.29, 1.82) is 0 Å². The smallest absolute Gasteiger partial charge is 0.343 e. The molecule has 1 atom stereocenters. The largest absolute Gasteiger partial charge is 2.00 e. The monoisotopic (exact) mass is 122 g/mol. The average molecular weight is 122 g/mol. The van der Waals surface area contributed by atoms with Crippen molar-refractivity contribution in [1.82, 2.24) is 0 Å². The molecule has 0 aliphatic heterocycles. The molecular weight excluding hydrogens is 112 g/mol. The summed E-state index contributed by atoms with van der Waals surface area (Å²) in [6, 6.07) is 0. The Bertz CT molecular complexity index is 37.4. The number of hydrogen-bond donors (Lipinski definition) is 0. The van der Waals surface area contributed by atoms with Gasteiger partial charge >= 0.3 is 37.7 Å². The van der Waals surface area contributed by atoms with E-state index in [1.807, 2.05) is 0 Å². The maximum absolute atomic E-state index is 3.91. The maximum Gasteiger partial charge on any atom is 2.00 e. The zero-order chi connectivity index (χ0) is 4.41. The summed E-state index contributed by atoms with van der Waals surface area (Å²) >= 11 is 0. The predicted octanol–water partition coefficient (Wildman–Crippen LogP) is 1.44. The zero-order valence-corrected chi connectivity index (χ0v) is 6.90. The van der Waals surface area contributed by atoms with E-state index in [1.54, 1.807) is 0 Å². The molecule has 0 amide bonds. The fraction of sp³-hybridized carbons (Fsp3) is 0.667. The van der Waals surface area contributed by atoms with Gasteiger partial charge in [0.15, 0.2) is 0 Å². The molecule has 0 aromatic rings. The van der Waals surface area contributed by atoms with E-state index < -0.39 is 0 Å². The van der Waals surface area contributed by atoms with Crippen molar-refractivity contribution in [3.8, 4) is 0 Å². The van der Waals surface area contributed by atoms with Crippen LogP contribution in [0, 0.1) is 19.3 Å². The van der Waals surface area contributed by atoms with Crippen LogP contribution in [0.4, 0.5) is 0 Å². The quantitative estimate of drug-likeness (QED) is 0.337. The molecule has 1 saturated carbocycles. The fourth-order valence-electron chi connectivity index (χ4n) is 0.825. The Labute approximate surface area is 75.7 Å². The first-order valence-electron chi connectivity index (χ1n) is 2.54. The minimum Gasteiger partial charge on any atom is -0.343 e. The van der Waals surface area contributed by atoms with Gasteiger partial charge in [0.25, 0.3) is 0 Å². The minimum absolute atomic E-state index is 0. The van der Waals surface area contributed by atoms with Gasteiger partial charge in [-0.15, -0.1) is 6.42 Å². The number of rotatable bonds is 0. The first-order valence-corrected chi connectivity index (χ1v) is 2.54. The van der Waals surface area contributed by atoms with Gasteiger partial charge in [0.2, 0.25) is 0 Å². The molecule has 0 spiro atoms. The summed E-state index contributed by atoms with van der Waals surface area (Å²) in [4.78, 5) is 0. The van der Waals surface area contributed by atoms with E-state index >= 15 is 0 Å². The van der Waals surface area contributed by atoms with Crippen molar-refractivity contribution in [3.05, 3.63) is 13.3 Å². The second kappa shape index (κ2) is 4.17. The van der Waals surface area contributed by atoms with Gasteiger partial charge in [0.05, 0.1) is 0 Å². The molecule has 0 radical (unpaired) electrons. The summed E-state index contributed by atoms with van der Waals surface area (Å²) in [5, 5.41) is 0. The zero-order valence-electron chi connectivity index (χ0n) is 4.69. The van der Waals surface area contributed by atoms with E-state index in [1.165, 1.54) is 19.3 Å². The van der Waals surface area contributed by atoms with Gasteiger partial charge in [-0.2, -0.15) is 12.3 Å². The fourth-order valence-corrected chi connectivity index (χ4v) is 0.825. The van der Waals surface area contributed by atoms with Crippen LogP contribution in [0.5, 0.6) is 0 Å². The van der Waals surface area contributed by atoms with Crippen molar-refractivity contribution < 1.29 is 0 Å². The molecule has 0 aromatic heterocycles. The molecule has 1 fully saturated rings. The van der Waals surface area contributed by atoms with Crippen molar-refractivity contribution in [2.45, 2.75) is 19.3 Å². The van der Waals surface area contributed by atoms with Crippen molar-refractivity contribution in [2.24, 2.45) is 5.92 Å². The summed E-state index contributed by atoms with van der Waals surface area (Å²) in [5.41, 5.74) is 0. The van der Waals surface area contributed by atoms with E-state index in [0.29, 0.717) is 0 Å². The first kappa shape index (κ1) is 8.26. The normalized spacial score (nSPS) is 29.6. The molecule has 0 heterocycles. The van der Waals surface area contributed by atoms with Crippen LogP contribution < -0.4 is 0 Å². The summed E-state index contributed by atoms with van der Waals surface area (Å²) in [7, 11) is 0. The van der Waals surface area contributed by atoms with E-state index in [2.05, 4.69) is 13.3 Å². The standard InChI is InChI=1S/C6H10.Ca/c1-6-4-2-3-5-6;/h2,6H,1,3-5H2;/q-2;+2/t6-;/m0./s1. The molecule has 0 unspecified atom stereocenters. The van der Waals surface area contributed by atoms with E-state index in [-0.39, 0.29) is 37.7 Å². The van der Waals surface area contributed by atoms with Crippen LogP contribution in [0.25, 0.3) is 0 Å². The summed E-state index contributed by atoms with van der Waals surface area (Å²) < 4.78 is 0. The van der Waals surface area contributed by atoms with E-state index in [0.717, 1.165) is 5.92 Å². The van der Waals surface area contributed by atoms with Crippen LogP contribution in [0.2, 0.25) is 0 Å². The molecule has 0 bridgehead atoms. The van der Waals surface area contributed by atoms with Crippen LogP contribution in [0.15, 0.2) is 0 Å². The molecule has 1 rings (SSSR count). The van der Waals surface area contributed by atoms with E-state index in [9.17, 15) is 0 Å². The number of hydrogen-bond acceptors (Lipinski definition) is 0. The SMILES string of the molecule is [CH2-][C@H]1C[CH-]CC1.[Ca+2]. The molecule has 1 heteroatoms. The third-order valence-electron chi connectivity index (χ3n) is 1.28. The summed E-state index contributed by atoms with van der Waals surface area (Å²) in [5.74, 6) is 0.741. The molecule has 0 nitrogen and oxygen atoms in total. The second-order valence-electron chi connectivity index (χ2n) is 1.97. The second-order valence-corrected chi connectivity index (χ2v) is 1.97. The van der Waals surface area contributed by atoms with Crippen molar-refractivity contribution in [2.75, 3.05) is 0 Å². The maximum atomic E-state index is 3.91. The van der Waals surface area contributed by atoms with Gasteiger partial charge < -0.3 is 13.3 Å². The summed E-state index contributed by atoms with van der Waals surface area (Å²) in [6.07, 6.45) is 6.19. The van der Waals surface area contributed by atoms with Gasteiger partial charge in [-0.3, -0.25) is 0 Å². The van der Waals surface area contributed by atoms with Crippen LogP contribution >= 0.6 is 0 Å². The molecule has 1 aliphatic carbocycles. The van der Waals surface area contributed by atoms with Crippen LogP contribution in [0.1, 0.15) is 19.3 Å². The third-order valence-corrected chi connectivity index (χ3v) is 1.28. The Hall–Kier alpha value is 1.26. The Kier molecular flexibility index (Phi) is 4.92. The molecule has 36 valence electrons. The van der Waals surface area contributed by atoms with E-state index in [4.69, 9.17) is 0 Å². The molecule has 0 aromatic carbocycles. The Morgan fingerprint density at radius 3 is 2.43 bits per heavy atom. The van der Waals surface area contributed by atoms with Crippen LogP contribution in [-0.2, 0) is 0 Å². The third kappa shape index (κ3) is 2.94. The van der Waals surface area contributed by atoms with Gasteiger partial charge in [-0.05, 0) is 0 Å². The predicted molar refractivity (Wildman–Crippen MR) is 32.8 cm³/mol.